The number of aliphatic carboxylic acids is 1. The van der Waals surface area contributed by atoms with Crippen LogP contribution in [-0.2, 0) is 9.53 Å². The minimum Gasteiger partial charge on any atom is -0.481 e. The molecule has 0 unspecified atom stereocenters. The standard InChI is InChI=1S/C21H39NO3/c23-21(24)19-13-11-18(12-14-19)17-22-15-16-25-20-9-7-5-3-1-2-4-6-8-10-20/h18-20,22H,1-17H2,(H,23,24). The van der Waals surface area contributed by atoms with Gasteiger partial charge in [-0.05, 0) is 51.0 Å². The number of ether oxygens (including phenoxy) is 1. The molecule has 0 aromatic rings. The van der Waals surface area contributed by atoms with Crippen molar-refractivity contribution in [1.29, 1.82) is 0 Å². The summed E-state index contributed by atoms with van der Waals surface area (Å²) in [5.74, 6) is -0.0643. The highest BCUT2D eigenvalue weighted by Gasteiger charge is 2.25. The van der Waals surface area contributed by atoms with E-state index in [0.29, 0.717) is 12.0 Å². The van der Waals surface area contributed by atoms with Crippen molar-refractivity contribution in [3.63, 3.8) is 0 Å². The predicted molar refractivity (Wildman–Crippen MR) is 102 cm³/mol. The molecule has 2 saturated carbocycles. The number of carboxylic acid groups (broad SMARTS) is 1. The van der Waals surface area contributed by atoms with Gasteiger partial charge in [0.15, 0.2) is 0 Å². The van der Waals surface area contributed by atoms with Crippen molar-refractivity contribution in [3.8, 4) is 0 Å². The van der Waals surface area contributed by atoms with Crippen LogP contribution in [0.1, 0.15) is 89.9 Å². The molecule has 0 amide bonds. The average Bonchev–Trinajstić information content (AvgIpc) is 2.68. The summed E-state index contributed by atoms with van der Waals surface area (Å²) in [5.41, 5.74) is 0. The second kappa shape index (κ2) is 12.7. The minimum atomic E-state index is -0.610. The van der Waals surface area contributed by atoms with Crippen LogP contribution in [0.15, 0.2) is 0 Å². The largest absolute Gasteiger partial charge is 0.481 e. The molecule has 0 radical (unpaired) electrons. The quantitative estimate of drug-likeness (QED) is 0.648. The number of nitrogens with one attached hydrogen (secondary N) is 1. The third-order valence-electron chi connectivity index (χ3n) is 6.06. The Morgan fingerprint density at radius 2 is 1.40 bits per heavy atom. The molecule has 0 saturated heterocycles. The highest BCUT2D eigenvalue weighted by molar-refractivity contribution is 5.69. The lowest BCUT2D eigenvalue weighted by atomic mass is 9.82. The molecule has 2 aliphatic carbocycles. The summed E-state index contributed by atoms with van der Waals surface area (Å²) in [4.78, 5) is 11.0. The van der Waals surface area contributed by atoms with Crippen LogP contribution in [0.3, 0.4) is 0 Å². The highest BCUT2D eigenvalue weighted by Crippen LogP contribution is 2.28. The van der Waals surface area contributed by atoms with Gasteiger partial charge in [-0.25, -0.2) is 0 Å². The van der Waals surface area contributed by atoms with E-state index in [1.54, 1.807) is 0 Å². The molecule has 0 aliphatic heterocycles. The van der Waals surface area contributed by atoms with Gasteiger partial charge in [0.25, 0.3) is 0 Å². The molecular weight excluding hydrogens is 314 g/mol. The van der Waals surface area contributed by atoms with Crippen LogP contribution in [-0.4, -0.2) is 36.9 Å². The fourth-order valence-corrected chi connectivity index (χ4v) is 4.33. The Kier molecular flexibility index (Phi) is 10.5. The zero-order valence-electron chi connectivity index (χ0n) is 16.0. The van der Waals surface area contributed by atoms with Gasteiger partial charge in [-0.3, -0.25) is 4.79 Å². The van der Waals surface area contributed by atoms with Crippen molar-refractivity contribution in [1.82, 2.24) is 5.32 Å². The number of rotatable bonds is 7. The summed E-state index contributed by atoms with van der Waals surface area (Å²) in [7, 11) is 0. The van der Waals surface area contributed by atoms with Gasteiger partial charge in [0.2, 0.25) is 0 Å². The van der Waals surface area contributed by atoms with Gasteiger partial charge in [0.05, 0.1) is 18.6 Å². The van der Waals surface area contributed by atoms with E-state index in [1.807, 2.05) is 0 Å². The lowest BCUT2D eigenvalue weighted by Crippen LogP contribution is -2.31. The molecule has 25 heavy (non-hydrogen) atoms. The van der Waals surface area contributed by atoms with Crippen molar-refractivity contribution in [2.75, 3.05) is 19.7 Å². The molecule has 146 valence electrons. The number of hydrogen-bond donors (Lipinski definition) is 2. The Balaban J connectivity index is 1.51. The zero-order chi connectivity index (χ0) is 17.7. The molecule has 4 nitrogen and oxygen atoms in total. The summed E-state index contributed by atoms with van der Waals surface area (Å²) in [6, 6.07) is 0. The van der Waals surface area contributed by atoms with Crippen LogP contribution in [0.25, 0.3) is 0 Å². The fraction of sp³-hybridized carbons (Fsp3) is 0.952. The van der Waals surface area contributed by atoms with E-state index in [-0.39, 0.29) is 5.92 Å². The second-order valence-corrected chi connectivity index (χ2v) is 8.16. The molecule has 0 spiro atoms. The predicted octanol–water partition coefficient (Wildman–Crippen LogP) is 4.77. The number of hydrogen-bond acceptors (Lipinski definition) is 3. The Morgan fingerprint density at radius 1 is 0.840 bits per heavy atom. The van der Waals surface area contributed by atoms with Crippen molar-refractivity contribution in [2.45, 2.75) is 96.0 Å². The first-order chi connectivity index (χ1) is 12.3. The summed E-state index contributed by atoms with van der Waals surface area (Å²) in [5, 5.41) is 12.6. The third-order valence-corrected chi connectivity index (χ3v) is 6.06. The molecule has 0 aromatic heterocycles. The molecule has 2 N–H and O–H groups in total. The molecule has 0 bridgehead atoms. The maximum absolute atomic E-state index is 11.0. The van der Waals surface area contributed by atoms with Gasteiger partial charge >= 0.3 is 5.97 Å². The lowest BCUT2D eigenvalue weighted by molar-refractivity contribution is -0.143. The molecule has 0 atom stereocenters. The number of carbonyl (C=O) groups is 1. The maximum Gasteiger partial charge on any atom is 0.306 e. The van der Waals surface area contributed by atoms with E-state index in [4.69, 9.17) is 9.84 Å². The van der Waals surface area contributed by atoms with E-state index in [9.17, 15) is 4.79 Å². The summed E-state index contributed by atoms with van der Waals surface area (Å²) < 4.78 is 6.15. The summed E-state index contributed by atoms with van der Waals surface area (Å²) >= 11 is 0. The molecule has 2 rings (SSSR count). The average molecular weight is 354 g/mol. The van der Waals surface area contributed by atoms with E-state index in [1.165, 1.54) is 64.2 Å². The number of carboxylic acids is 1. The van der Waals surface area contributed by atoms with Gasteiger partial charge in [-0.1, -0.05) is 51.4 Å². The molecule has 4 heteroatoms. The van der Waals surface area contributed by atoms with E-state index < -0.39 is 5.97 Å². The Morgan fingerprint density at radius 3 is 1.96 bits per heavy atom. The minimum absolute atomic E-state index is 0.101. The van der Waals surface area contributed by atoms with Gasteiger partial charge in [-0.15, -0.1) is 0 Å². The molecule has 0 aromatic carbocycles. The lowest BCUT2D eigenvalue weighted by Gasteiger charge is -2.26. The van der Waals surface area contributed by atoms with E-state index >= 15 is 0 Å². The Hall–Kier alpha value is -0.610. The summed E-state index contributed by atoms with van der Waals surface area (Å²) in [6.45, 7) is 2.75. The second-order valence-electron chi connectivity index (χ2n) is 8.16. The maximum atomic E-state index is 11.0. The Labute approximate surface area is 154 Å². The van der Waals surface area contributed by atoms with Crippen LogP contribution >= 0.6 is 0 Å². The van der Waals surface area contributed by atoms with Crippen LogP contribution in [0.5, 0.6) is 0 Å². The van der Waals surface area contributed by atoms with E-state index in [0.717, 1.165) is 45.4 Å². The van der Waals surface area contributed by atoms with Gasteiger partial charge in [0, 0.05) is 6.54 Å². The van der Waals surface area contributed by atoms with Crippen molar-refractivity contribution in [2.24, 2.45) is 11.8 Å². The Bertz CT molecular complexity index is 341. The van der Waals surface area contributed by atoms with Crippen LogP contribution < -0.4 is 5.32 Å². The first kappa shape index (κ1) is 20.7. The van der Waals surface area contributed by atoms with Crippen LogP contribution in [0, 0.1) is 11.8 Å². The summed E-state index contributed by atoms with van der Waals surface area (Å²) in [6.07, 6.45) is 17.8. The van der Waals surface area contributed by atoms with Crippen LogP contribution in [0.2, 0.25) is 0 Å². The molecule has 2 aliphatic rings. The first-order valence-electron chi connectivity index (χ1n) is 10.8. The van der Waals surface area contributed by atoms with E-state index in [2.05, 4.69) is 5.32 Å². The molecule has 2 fully saturated rings. The molecule has 0 heterocycles. The topological polar surface area (TPSA) is 58.6 Å². The van der Waals surface area contributed by atoms with Crippen molar-refractivity contribution < 1.29 is 14.6 Å². The third kappa shape index (κ3) is 9.05. The zero-order valence-corrected chi connectivity index (χ0v) is 16.0. The van der Waals surface area contributed by atoms with Gasteiger partial charge in [0.1, 0.15) is 0 Å². The molecular formula is C21H39NO3. The van der Waals surface area contributed by atoms with Crippen molar-refractivity contribution >= 4 is 5.97 Å². The normalized spacial score (nSPS) is 27.5. The van der Waals surface area contributed by atoms with Crippen LogP contribution in [0.4, 0.5) is 0 Å². The van der Waals surface area contributed by atoms with Gasteiger partial charge < -0.3 is 15.2 Å². The fourth-order valence-electron chi connectivity index (χ4n) is 4.33. The highest BCUT2D eigenvalue weighted by atomic mass is 16.5. The SMILES string of the molecule is O=C(O)C1CCC(CNCCOC2CCCCCCCCCC2)CC1. The van der Waals surface area contributed by atoms with Crippen molar-refractivity contribution in [3.05, 3.63) is 0 Å². The monoisotopic (exact) mass is 353 g/mol. The smallest absolute Gasteiger partial charge is 0.306 e. The van der Waals surface area contributed by atoms with Gasteiger partial charge in [-0.2, -0.15) is 0 Å². The first-order valence-corrected chi connectivity index (χ1v) is 10.8.